The molecule has 1 fully saturated rings. The molecule has 2 atom stereocenters. The van der Waals surface area contributed by atoms with Crippen molar-refractivity contribution in [1.82, 2.24) is 0 Å². The maximum atomic E-state index is 12.2. The maximum Gasteiger partial charge on any atom is 0.291 e. The predicted octanol–water partition coefficient (Wildman–Crippen LogP) is 3.33. The Balaban J connectivity index is 0.00000225. The molecular weight excluding hydrogens is 342 g/mol. The summed E-state index contributed by atoms with van der Waals surface area (Å²) in [7, 11) is 0. The van der Waals surface area contributed by atoms with Gasteiger partial charge in [-0.05, 0) is 62.1 Å². The zero-order valence-corrected chi connectivity index (χ0v) is 14.8. The molecule has 6 nitrogen and oxygen atoms in total. The minimum Gasteiger partial charge on any atom is -0.459 e. The minimum absolute atomic E-state index is 0. The van der Waals surface area contributed by atoms with E-state index in [9.17, 15) is 9.59 Å². The van der Waals surface area contributed by atoms with E-state index in [1.807, 2.05) is 13.0 Å². The normalized spacial score (nSPS) is 19.1. The average Bonchev–Trinajstić information content (AvgIpc) is 3.21. The SMILES string of the molecule is Cc1cc(NC(=O)C2CCC(N)C2)ccc1NC(=O)c1ccco1.Cl. The van der Waals surface area contributed by atoms with Crippen molar-refractivity contribution in [2.75, 3.05) is 10.6 Å². The third-order valence-electron chi connectivity index (χ3n) is 4.33. The van der Waals surface area contributed by atoms with Crippen LogP contribution in [0.4, 0.5) is 11.4 Å². The van der Waals surface area contributed by atoms with Gasteiger partial charge in [-0.15, -0.1) is 12.4 Å². The second kappa shape index (κ2) is 8.18. The van der Waals surface area contributed by atoms with Crippen LogP contribution in [0.1, 0.15) is 35.4 Å². The molecule has 134 valence electrons. The van der Waals surface area contributed by atoms with Crippen LogP contribution in [0.25, 0.3) is 0 Å². The van der Waals surface area contributed by atoms with Crippen molar-refractivity contribution < 1.29 is 14.0 Å². The zero-order valence-electron chi connectivity index (χ0n) is 14.0. The van der Waals surface area contributed by atoms with Gasteiger partial charge in [0.25, 0.3) is 5.91 Å². The molecule has 25 heavy (non-hydrogen) atoms. The molecule has 1 aliphatic carbocycles. The molecule has 0 radical (unpaired) electrons. The van der Waals surface area contributed by atoms with Crippen molar-refractivity contribution in [2.24, 2.45) is 11.7 Å². The number of furan rings is 1. The molecule has 0 saturated heterocycles. The fourth-order valence-electron chi connectivity index (χ4n) is 2.97. The summed E-state index contributed by atoms with van der Waals surface area (Å²) in [6.45, 7) is 1.87. The number of carbonyl (C=O) groups is 2. The Morgan fingerprint density at radius 3 is 2.60 bits per heavy atom. The van der Waals surface area contributed by atoms with Gasteiger partial charge in [0.05, 0.1) is 6.26 Å². The first-order valence-electron chi connectivity index (χ1n) is 8.05. The minimum atomic E-state index is -0.306. The van der Waals surface area contributed by atoms with Crippen molar-refractivity contribution in [3.63, 3.8) is 0 Å². The summed E-state index contributed by atoms with van der Waals surface area (Å²) >= 11 is 0. The molecule has 0 bridgehead atoms. The Hall–Kier alpha value is -2.31. The van der Waals surface area contributed by atoms with E-state index in [0.29, 0.717) is 11.4 Å². The zero-order chi connectivity index (χ0) is 17.1. The monoisotopic (exact) mass is 363 g/mol. The molecule has 0 aliphatic heterocycles. The Labute approximate surface area is 152 Å². The number of nitrogens with two attached hydrogens (primary N) is 1. The molecule has 4 N–H and O–H groups in total. The maximum absolute atomic E-state index is 12.2. The average molecular weight is 364 g/mol. The second-order valence-electron chi connectivity index (χ2n) is 6.22. The van der Waals surface area contributed by atoms with Gasteiger partial charge in [0.15, 0.2) is 5.76 Å². The highest BCUT2D eigenvalue weighted by atomic mass is 35.5. The molecule has 2 amide bonds. The van der Waals surface area contributed by atoms with E-state index >= 15 is 0 Å². The number of aryl methyl sites for hydroxylation is 1. The van der Waals surface area contributed by atoms with Crippen LogP contribution in [-0.2, 0) is 4.79 Å². The van der Waals surface area contributed by atoms with E-state index in [1.54, 1.807) is 24.3 Å². The third kappa shape index (κ3) is 4.61. The van der Waals surface area contributed by atoms with E-state index in [-0.39, 0.29) is 41.9 Å². The lowest BCUT2D eigenvalue weighted by Gasteiger charge is -2.13. The number of halogens is 1. The van der Waals surface area contributed by atoms with Crippen molar-refractivity contribution in [2.45, 2.75) is 32.2 Å². The van der Waals surface area contributed by atoms with E-state index in [1.165, 1.54) is 6.26 Å². The van der Waals surface area contributed by atoms with Crippen LogP contribution in [-0.4, -0.2) is 17.9 Å². The van der Waals surface area contributed by atoms with E-state index in [4.69, 9.17) is 10.2 Å². The van der Waals surface area contributed by atoms with Crippen LogP contribution in [0.2, 0.25) is 0 Å². The first-order chi connectivity index (χ1) is 11.5. The molecule has 2 aromatic rings. The molecule has 1 aromatic carbocycles. The smallest absolute Gasteiger partial charge is 0.291 e. The van der Waals surface area contributed by atoms with Crippen LogP contribution in [0, 0.1) is 12.8 Å². The number of rotatable bonds is 4. The fraction of sp³-hybridized carbons (Fsp3) is 0.333. The molecule has 7 heteroatoms. The Morgan fingerprint density at radius 1 is 1.20 bits per heavy atom. The Bertz CT molecular complexity index is 746. The summed E-state index contributed by atoms with van der Waals surface area (Å²) in [5.41, 5.74) is 8.11. The van der Waals surface area contributed by atoms with Crippen LogP contribution in [0.5, 0.6) is 0 Å². The van der Waals surface area contributed by atoms with Crippen LogP contribution in [0.15, 0.2) is 41.0 Å². The fourth-order valence-corrected chi connectivity index (χ4v) is 2.97. The van der Waals surface area contributed by atoms with Gasteiger partial charge >= 0.3 is 0 Å². The number of carbonyl (C=O) groups excluding carboxylic acids is 2. The molecule has 3 rings (SSSR count). The highest BCUT2D eigenvalue weighted by Gasteiger charge is 2.27. The number of benzene rings is 1. The van der Waals surface area contributed by atoms with Crippen LogP contribution >= 0.6 is 12.4 Å². The van der Waals surface area contributed by atoms with E-state index < -0.39 is 0 Å². The summed E-state index contributed by atoms with van der Waals surface area (Å²) in [5.74, 6) is -0.0578. The molecule has 1 aliphatic rings. The Morgan fingerprint density at radius 2 is 2.00 bits per heavy atom. The lowest BCUT2D eigenvalue weighted by Crippen LogP contribution is -2.23. The van der Waals surface area contributed by atoms with Gasteiger partial charge in [-0.25, -0.2) is 0 Å². The van der Waals surface area contributed by atoms with Crippen LogP contribution < -0.4 is 16.4 Å². The predicted molar refractivity (Wildman–Crippen MR) is 99.0 cm³/mol. The number of hydrogen-bond acceptors (Lipinski definition) is 4. The summed E-state index contributed by atoms with van der Waals surface area (Å²) < 4.78 is 5.07. The van der Waals surface area contributed by atoms with Crippen LogP contribution in [0.3, 0.4) is 0 Å². The Kier molecular flexibility index (Phi) is 6.22. The molecule has 1 saturated carbocycles. The number of anilines is 2. The first-order valence-corrected chi connectivity index (χ1v) is 8.05. The van der Waals surface area contributed by atoms with Gasteiger partial charge < -0.3 is 20.8 Å². The van der Waals surface area contributed by atoms with E-state index in [0.717, 1.165) is 24.8 Å². The lowest BCUT2D eigenvalue weighted by molar-refractivity contribution is -0.119. The van der Waals surface area contributed by atoms with E-state index in [2.05, 4.69) is 10.6 Å². The highest BCUT2D eigenvalue weighted by molar-refractivity contribution is 6.03. The topological polar surface area (TPSA) is 97.4 Å². The largest absolute Gasteiger partial charge is 0.459 e. The lowest BCUT2D eigenvalue weighted by atomic mass is 10.1. The molecule has 1 heterocycles. The van der Waals surface area contributed by atoms with Gasteiger partial charge in [-0.2, -0.15) is 0 Å². The number of hydrogen-bond donors (Lipinski definition) is 3. The van der Waals surface area contributed by atoms with Crippen molar-refractivity contribution in [3.8, 4) is 0 Å². The van der Waals surface area contributed by atoms with Gasteiger partial charge in [-0.3, -0.25) is 9.59 Å². The standard InChI is InChI=1S/C18H21N3O3.ClH/c1-11-9-14(20-17(22)12-4-5-13(19)10-12)6-7-15(11)21-18(23)16-3-2-8-24-16;/h2-3,6-9,12-13H,4-5,10,19H2,1H3,(H,20,22)(H,21,23);1H. The van der Waals surface area contributed by atoms with Crippen molar-refractivity contribution in [1.29, 1.82) is 0 Å². The summed E-state index contributed by atoms with van der Waals surface area (Å²) in [5, 5.41) is 5.72. The van der Waals surface area contributed by atoms with Gasteiger partial charge in [-0.1, -0.05) is 0 Å². The number of amides is 2. The third-order valence-corrected chi connectivity index (χ3v) is 4.33. The van der Waals surface area contributed by atoms with Crippen molar-refractivity contribution >= 4 is 35.6 Å². The highest BCUT2D eigenvalue weighted by Crippen LogP contribution is 2.26. The summed E-state index contributed by atoms with van der Waals surface area (Å²) in [6, 6.07) is 8.77. The molecule has 1 aromatic heterocycles. The summed E-state index contributed by atoms with van der Waals surface area (Å²) in [6.07, 6.45) is 3.93. The van der Waals surface area contributed by atoms with Gasteiger partial charge in [0.1, 0.15) is 0 Å². The van der Waals surface area contributed by atoms with Crippen molar-refractivity contribution in [3.05, 3.63) is 47.9 Å². The molecular formula is C18H22ClN3O3. The molecule has 2 unspecified atom stereocenters. The quantitative estimate of drug-likeness (QED) is 0.776. The summed E-state index contributed by atoms with van der Waals surface area (Å²) in [4.78, 5) is 24.2. The van der Waals surface area contributed by atoms with Gasteiger partial charge in [0, 0.05) is 23.3 Å². The van der Waals surface area contributed by atoms with Gasteiger partial charge in [0.2, 0.25) is 5.91 Å². The second-order valence-corrected chi connectivity index (χ2v) is 6.22. The first kappa shape index (κ1) is 19.0. The molecule has 0 spiro atoms. The number of nitrogens with one attached hydrogen (secondary N) is 2.